The summed E-state index contributed by atoms with van der Waals surface area (Å²) in [5.74, 6) is 0.816. The highest BCUT2D eigenvalue weighted by atomic mass is 35.5. The summed E-state index contributed by atoms with van der Waals surface area (Å²) in [6.07, 6.45) is 0.494. The smallest absolute Gasteiger partial charge is 0.221 e. The molecule has 0 saturated heterocycles. The van der Waals surface area contributed by atoms with Crippen LogP contribution in [0.5, 0.6) is 0 Å². The van der Waals surface area contributed by atoms with Crippen molar-refractivity contribution in [2.24, 2.45) is 0 Å². The van der Waals surface area contributed by atoms with E-state index < -0.39 is 0 Å². The molecule has 0 saturated carbocycles. The molecule has 0 aliphatic rings. The van der Waals surface area contributed by atoms with Crippen molar-refractivity contribution < 1.29 is 4.79 Å². The molecule has 0 spiro atoms. The molecule has 0 radical (unpaired) electrons. The first-order valence-corrected chi connectivity index (χ1v) is 8.25. The van der Waals surface area contributed by atoms with Gasteiger partial charge >= 0.3 is 0 Å². The number of carbonyl (C=O) groups is 1. The molecule has 0 aromatic heterocycles. The number of hydrogen-bond acceptors (Lipinski definition) is 2. The van der Waals surface area contributed by atoms with Crippen LogP contribution < -0.4 is 5.32 Å². The molecule has 2 rings (SSSR count). The second kappa shape index (κ2) is 8.11. The summed E-state index contributed by atoms with van der Waals surface area (Å²) in [7, 11) is 0. The van der Waals surface area contributed by atoms with Crippen LogP contribution in [0.25, 0.3) is 0 Å². The Morgan fingerprint density at radius 1 is 1.14 bits per heavy atom. The molecule has 1 unspecified atom stereocenters. The topological polar surface area (TPSA) is 29.1 Å². The van der Waals surface area contributed by atoms with Crippen LogP contribution in [0.3, 0.4) is 0 Å². The first-order valence-electron chi connectivity index (χ1n) is 6.88. The largest absolute Gasteiger partial charge is 0.350 e. The Morgan fingerprint density at radius 2 is 1.81 bits per heavy atom. The van der Waals surface area contributed by atoms with Crippen LogP contribution in [0.2, 0.25) is 5.02 Å². The van der Waals surface area contributed by atoms with E-state index in [1.807, 2.05) is 49.4 Å². The Bertz CT molecular complexity index is 588. The molecule has 1 amide bonds. The maximum atomic E-state index is 12.0. The Morgan fingerprint density at radius 3 is 2.52 bits per heavy atom. The van der Waals surface area contributed by atoms with Crippen LogP contribution in [0.4, 0.5) is 0 Å². The van der Waals surface area contributed by atoms with Gasteiger partial charge in [-0.3, -0.25) is 4.79 Å². The zero-order valence-corrected chi connectivity index (χ0v) is 13.5. The molecular formula is C17H18ClNOS. The number of benzene rings is 2. The van der Waals surface area contributed by atoms with Gasteiger partial charge in [-0.25, -0.2) is 0 Å². The fourth-order valence-electron chi connectivity index (χ4n) is 2.00. The van der Waals surface area contributed by atoms with Gasteiger partial charge in [0.1, 0.15) is 0 Å². The number of hydrogen-bond donors (Lipinski definition) is 1. The molecule has 2 nitrogen and oxygen atoms in total. The highest BCUT2D eigenvalue weighted by Gasteiger charge is 2.11. The first kappa shape index (κ1) is 15.9. The first-order chi connectivity index (χ1) is 10.2. The van der Waals surface area contributed by atoms with Crippen LogP contribution >= 0.6 is 23.4 Å². The molecule has 0 fully saturated rings. The van der Waals surface area contributed by atoms with Crippen LogP contribution in [-0.2, 0) is 4.79 Å². The fraction of sp³-hybridized carbons (Fsp3) is 0.235. The van der Waals surface area contributed by atoms with Crippen molar-refractivity contribution in [3.63, 3.8) is 0 Å². The van der Waals surface area contributed by atoms with Gasteiger partial charge < -0.3 is 5.32 Å². The minimum absolute atomic E-state index is 0.0471. The normalized spacial score (nSPS) is 11.9. The van der Waals surface area contributed by atoms with Gasteiger partial charge in [-0.2, -0.15) is 0 Å². The summed E-state index contributed by atoms with van der Waals surface area (Å²) < 4.78 is 0. The van der Waals surface area contributed by atoms with Crippen molar-refractivity contribution in [3.05, 3.63) is 65.2 Å². The van der Waals surface area contributed by atoms with Crippen molar-refractivity contribution in [1.29, 1.82) is 0 Å². The zero-order chi connectivity index (χ0) is 15.1. The summed E-state index contributed by atoms with van der Waals surface area (Å²) >= 11 is 7.82. The summed E-state index contributed by atoms with van der Waals surface area (Å²) in [5, 5.41) is 3.67. The van der Waals surface area contributed by atoms with E-state index >= 15 is 0 Å². The third-order valence-corrected chi connectivity index (χ3v) is 4.45. The Hall–Kier alpha value is -1.45. The molecule has 4 heteroatoms. The van der Waals surface area contributed by atoms with E-state index in [1.165, 1.54) is 4.90 Å². The van der Waals surface area contributed by atoms with E-state index in [9.17, 15) is 4.79 Å². The summed E-state index contributed by atoms with van der Waals surface area (Å²) in [5.41, 5.74) is 0.947. The quantitative estimate of drug-likeness (QED) is 0.782. The molecule has 0 bridgehead atoms. The van der Waals surface area contributed by atoms with Crippen LogP contribution in [-0.4, -0.2) is 11.7 Å². The minimum atomic E-state index is -0.0760. The number of thioether (sulfide) groups is 1. The van der Waals surface area contributed by atoms with Crippen molar-refractivity contribution in [1.82, 2.24) is 5.32 Å². The molecule has 2 aromatic rings. The van der Waals surface area contributed by atoms with Gasteiger partial charge in [0, 0.05) is 22.1 Å². The maximum absolute atomic E-state index is 12.0. The standard InChI is InChI=1S/C17H18ClNOS/c1-13(15-9-5-6-10-16(15)18)19-17(20)11-12-21-14-7-3-2-4-8-14/h2-10,13H,11-12H2,1H3,(H,19,20). The Balaban J connectivity index is 1.78. The molecule has 21 heavy (non-hydrogen) atoms. The summed E-state index contributed by atoms with van der Waals surface area (Å²) in [4.78, 5) is 13.1. The second-order valence-corrected chi connectivity index (χ2v) is 6.30. The summed E-state index contributed by atoms with van der Waals surface area (Å²) in [6, 6.07) is 17.6. The number of nitrogens with one attached hydrogen (secondary N) is 1. The Labute approximate surface area is 134 Å². The third kappa shape index (κ3) is 5.10. The Kier molecular flexibility index (Phi) is 6.15. The van der Waals surface area contributed by atoms with Gasteiger partial charge in [-0.05, 0) is 30.7 Å². The van der Waals surface area contributed by atoms with Gasteiger partial charge in [0.05, 0.1) is 6.04 Å². The molecule has 0 heterocycles. The predicted octanol–water partition coefficient (Wildman–Crippen LogP) is 4.70. The van der Waals surface area contributed by atoms with Crippen molar-refractivity contribution in [2.75, 3.05) is 5.75 Å². The van der Waals surface area contributed by atoms with Crippen LogP contribution in [0.15, 0.2) is 59.5 Å². The lowest BCUT2D eigenvalue weighted by Gasteiger charge is -2.15. The highest BCUT2D eigenvalue weighted by Crippen LogP contribution is 2.22. The maximum Gasteiger partial charge on any atom is 0.221 e. The monoisotopic (exact) mass is 319 g/mol. The molecule has 0 aliphatic carbocycles. The van der Waals surface area contributed by atoms with E-state index in [0.717, 1.165) is 11.3 Å². The van der Waals surface area contributed by atoms with Crippen LogP contribution in [0.1, 0.15) is 24.9 Å². The number of carbonyl (C=O) groups excluding carboxylic acids is 1. The van der Waals surface area contributed by atoms with E-state index in [0.29, 0.717) is 11.4 Å². The molecule has 1 atom stereocenters. The lowest BCUT2D eigenvalue weighted by Crippen LogP contribution is -2.27. The van der Waals surface area contributed by atoms with Gasteiger partial charge in [0.2, 0.25) is 5.91 Å². The molecule has 2 aromatic carbocycles. The number of amides is 1. The van der Waals surface area contributed by atoms with Gasteiger partial charge in [0.25, 0.3) is 0 Å². The lowest BCUT2D eigenvalue weighted by molar-refractivity contribution is -0.121. The van der Waals surface area contributed by atoms with Crippen molar-refractivity contribution >= 4 is 29.3 Å². The second-order valence-electron chi connectivity index (χ2n) is 4.72. The molecule has 1 N–H and O–H groups in total. The number of rotatable bonds is 6. The van der Waals surface area contributed by atoms with E-state index in [2.05, 4.69) is 17.4 Å². The van der Waals surface area contributed by atoms with Gasteiger partial charge in [-0.15, -0.1) is 11.8 Å². The minimum Gasteiger partial charge on any atom is -0.350 e. The lowest BCUT2D eigenvalue weighted by atomic mass is 10.1. The fourth-order valence-corrected chi connectivity index (χ4v) is 3.17. The average Bonchev–Trinajstić information content (AvgIpc) is 2.48. The molecular weight excluding hydrogens is 302 g/mol. The van der Waals surface area contributed by atoms with E-state index in [1.54, 1.807) is 11.8 Å². The molecule has 110 valence electrons. The predicted molar refractivity (Wildman–Crippen MR) is 89.8 cm³/mol. The summed E-state index contributed by atoms with van der Waals surface area (Å²) in [6.45, 7) is 1.95. The van der Waals surface area contributed by atoms with Crippen LogP contribution in [0, 0.1) is 0 Å². The van der Waals surface area contributed by atoms with Crippen molar-refractivity contribution in [3.8, 4) is 0 Å². The van der Waals surface area contributed by atoms with Crippen molar-refractivity contribution in [2.45, 2.75) is 24.3 Å². The highest BCUT2D eigenvalue weighted by molar-refractivity contribution is 7.99. The van der Waals surface area contributed by atoms with E-state index in [4.69, 9.17) is 11.6 Å². The SMILES string of the molecule is CC(NC(=O)CCSc1ccccc1)c1ccccc1Cl. The zero-order valence-electron chi connectivity index (χ0n) is 11.9. The van der Waals surface area contributed by atoms with Gasteiger partial charge in [0.15, 0.2) is 0 Å². The van der Waals surface area contributed by atoms with E-state index in [-0.39, 0.29) is 11.9 Å². The third-order valence-electron chi connectivity index (χ3n) is 3.09. The van der Waals surface area contributed by atoms with Gasteiger partial charge in [-0.1, -0.05) is 48.0 Å². The number of halogens is 1. The average molecular weight is 320 g/mol. The molecule has 0 aliphatic heterocycles.